The zero-order chi connectivity index (χ0) is 23.9. The van der Waals surface area contributed by atoms with Crippen LogP contribution in [0.25, 0.3) is 10.9 Å². The summed E-state index contributed by atoms with van der Waals surface area (Å²) in [4.78, 5) is 14.5. The van der Waals surface area contributed by atoms with Crippen molar-refractivity contribution in [2.75, 3.05) is 48.8 Å². The number of aryl methyl sites for hydroxylation is 1. The summed E-state index contributed by atoms with van der Waals surface area (Å²) >= 11 is 0. The molecule has 1 aliphatic carbocycles. The number of rotatable bonds is 5. The van der Waals surface area contributed by atoms with Crippen molar-refractivity contribution in [3.63, 3.8) is 0 Å². The lowest BCUT2D eigenvalue weighted by Crippen LogP contribution is -2.57. The van der Waals surface area contributed by atoms with E-state index in [0.717, 1.165) is 36.2 Å². The molecule has 1 aliphatic heterocycles. The summed E-state index contributed by atoms with van der Waals surface area (Å²) in [6.07, 6.45) is 7.10. The van der Waals surface area contributed by atoms with E-state index in [1.54, 1.807) is 0 Å². The zero-order valence-corrected chi connectivity index (χ0v) is 21.3. The van der Waals surface area contributed by atoms with E-state index < -0.39 is 0 Å². The fourth-order valence-corrected chi connectivity index (χ4v) is 5.65. The Morgan fingerprint density at radius 2 is 1.85 bits per heavy atom. The topological polar surface area (TPSA) is 56.3 Å². The zero-order valence-electron chi connectivity index (χ0n) is 21.3. The van der Waals surface area contributed by atoms with Gasteiger partial charge >= 0.3 is 0 Å². The smallest absolute Gasteiger partial charge is 0.227 e. The van der Waals surface area contributed by atoms with Gasteiger partial charge in [0.1, 0.15) is 0 Å². The van der Waals surface area contributed by atoms with Gasteiger partial charge in [0.15, 0.2) is 0 Å². The Bertz CT molecular complexity index is 1160. The third-order valence-corrected chi connectivity index (χ3v) is 7.40. The highest BCUT2D eigenvalue weighted by molar-refractivity contribution is 5.91. The molecule has 1 aromatic heterocycles. The third kappa shape index (κ3) is 4.56. The minimum atomic E-state index is 0.134. The van der Waals surface area contributed by atoms with Crippen LogP contribution in [-0.2, 0) is 0 Å². The number of aromatic nitrogens is 2. The molecule has 2 aliphatic rings. The number of hydrogen-bond donors (Lipinski definition) is 2. The summed E-state index contributed by atoms with van der Waals surface area (Å²) in [7, 11) is 4.28. The van der Waals surface area contributed by atoms with Gasteiger partial charge in [0.05, 0.1) is 5.52 Å². The number of benzene rings is 2. The Morgan fingerprint density at radius 1 is 1.12 bits per heavy atom. The number of fused-ring (bicyclic) bond motifs is 1. The maximum Gasteiger partial charge on any atom is 0.227 e. The molecule has 2 aromatic carbocycles. The molecule has 0 spiro atoms. The minimum Gasteiger partial charge on any atom is -0.377 e. The Labute approximate surface area is 203 Å². The van der Waals surface area contributed by atoms with Gasteiger partial charge in [-0.25, -0.2) is 9.97 Å². The Morgan fingerprint density at radius 3 is 2.53 bits per heavy atom. The number of nitrogens with one attached hydrogen (secondary N) is 2. The lowest BCUT2D eigenvalue weighted by Gasteiger charge is -2.40. The van der Waals surface area contributed by atoms with Gasteiger partial charge in [0.2, 0.25) is 5.95 Å². The molecule has 1 saturated carbocycles. The first-order chi connectivity index (χ1) is 16.3. The maximum atomic E-state index is 5.08. The third-order valence-electron chi connectivity index (χ3n) is 7.40. The van der Waals surface area contributed by atoms with E-state index in [2.05, 4.69) is 90.6 Å². The monoisotopic (exact) mass is 458 g/mol. The van der Waals surface area contributed by atoms with Gasteiger partial charge in [-0.15, -0.1) is 0 Å². The first kappa shape index (κ1) is 22.9. The van der Waals surface area contributed by atoms with Gasteiger partial charge in [-0.3, -0.25) is 0 Å². The van der Waals surface area contributed by atoms with Gasteiger partial charge in [-0.05, 0) is 75.4 Å². The highest BCUT2D eigenvalue weighted by atomic mass is 15.2. The lowest BCUT2D eigenvalue weighted by molar-refractivity contribution is 0.353. The number of nitrogens with zero attached hydrogens (tertiary/aromatic N) is 4. The Hall–Kier alpha value is -2.86. The van der Waals surface area contributed by atoms with E-state index in [0.29, 0.717) is 11.9 Å². The van der Waals surface area contributed by atoms with E-state index in [-0.39, 0.29) is 5.54 Å². The van der Waals surface area contributed by atoms with Crippen LogP contribution in [0, 0.1) is 6.92 Å². The Balaban J connectivity index is 1.45. The van der Waals surface area contributed by atoms with Crippen molar-refractivity contribution >= 4 is 33.9 Å². The van der Waals surface area contributed by atoms with E-state index in [9.17, 15) is 0 Å². The van der Waals surface area contributed by atoms with E-state index in [4.69, 9.17) is 4.98 Å². The molecule has 1 saturated heterocycles. The second kappa shape index (κ2) is 9.06. The van der Waals surface area contributed by atoms with Crippen LogP contribution in [0.2, 0.25) is 0 Å². The SMILES string of the molecule is Cc1cc(N(C)C)c(C2CCCC2)c2nc(Nc3ccc(N4CCNC(C)(C)C4)cc3)ncc12. The van der Waals surface area contributed by atoms with Crippen molar-refractivity contribution in [2.24, 2.45) is 0 Å². The molecule has 180 valence electrons. The quantitative estimate of drug-likeness (QED) is 0.520. The molecular formula is C28H38N6. The van der Waals surface area contributed by atoms with Crippen LogP contribution in [0.4, 0.5) is 23.0 Å². The van der Waals surface area contributed by atoms with Crippen molar-refractivity contribution in [3.05, 3.63) is 47.7 Å². The average Bonchev–Trinajstić information content (AvgIpc) is 3.33. The lowest BCUT2D eigenvalue weighted by atomic mass is 9.91. The summed E-state index contributed by atoms with van der Waals surface area (Å²) in [5.74, 6) is 1.24. The average molecular weight is 459 g/mol. The maximum absolute atomic E-state index is 5.08. The summed E-state index contributed by atoms with van der Waals surface area (Å²) in [6.45, 7) is 9.73. The fourth-order valence-electron chi connectivity index (χ4n) is 5.65. The first-order valence-corrected chi connectivity index (χ1v) is 12.7. The molecule has 0 bridgehead atoms. The van der Waals surface area contributed by atoms with Crippen LogP contribution in [0.5, 0.6) is 0 Å². The standard InChI is InChI=1S/C28H38N6/c1-19-16-24(33(4)5)25(20-8-6-7-9-20)26-23(19)17-29-27(32-26)31-21-10-12-22(13-11-21)34-15-14-30-28(2,3)18-34/h10-13,16-17,20,30H,6-9,14-15,18H2,1-5H3,(H,29,31,32). The predicted octanol–water partition coefficient (Wildman–Crippen LogP) is 5.59. The summed E-state index contributed by atoms with van der Waals surface area (Å²) in [6, 6.07) is 11.0. The number of anilines is 4. The molecule has 0 unspecified atom stereocenters. The van der Waals surface area contributed by atoms with Crippen LogP contribution >= 0.6 is 0 Å². The van der Waals surface area contributed by atoms with Gasteiger partial charge in [0.25, 0.3) is 0 Å². The molecule has 0 radical (unpaired) electrons. The van der Waals surface area contributed by atoms with E-state index in [1.807, 2.05) is 6.20 Å². The summed E-state index contributed by atoms with van der Waals surface area (Å²) in [5.41, 5.74) is 7.43. The Kier molecular flexibility index (Phi) is 6.11. The summed E-state index contributed by atoms with van der Waals surface area (Å²) < 4.78 is 0. The van der Waals surface area contributed by atoms with Crippen molar-refractivity contribution < 1.29 is 0 Å². The highest BCUT2D eigenvalue weighted by Crippen LogP contribution is 2.43. The minimum absolute atomic E-state index is 0.134. The molecule has 34 heavy (non-hydrogen) atoms. The molecule has 0 atom stereocenters. The fraction of sp³-hybridized carbons (Fsp3) is 0.500. The highest BCUT2D eigenvalue weighted by Gasteiger charge is 2.26. The number of piperazine rings is 1. The van der Waals surface area contributed by atoms with E-state index >= 15 is 0 Å². The van der Waals surface area contributed by atoms with Crippen molar-refractivity contribution in [1.29, 1.82) is 0 Å². The van der Waals surface area contributed by atoms with Gasteiger partial charge in [-0.1, -0.05) is 12.8 Å². The molecule has 3 aromatic rings. The van der Waals surface area contributed by atoms with Crippen molar-refractivity contribution in [1.82, 2.24) is 15.3 Å². The predicted molar refractivity (Wildman–Crippen MR) is 144 cm³/mol. The molecule has 2 N–H and O–H groups in total. The molecule has 5 rings (SSSR count). The molecule has 2 heterocycles. The normalized spacial score (nSPS) is 18.4. The van der Waals surface area contributed by atoms with Gasteiger partial charge < -0.3 is 20.4 Å². The van der Waals surface area contributed by atoms with Crippen LogP contribution in [0.1, 0.15) is 56.6 Å². The van der Waals surface area contributed by atoms with Crippen LogP contribution in [0.15, 0.2) is 36.5 Å². The molecule has 6 nitrogen and oxygen atoms in total. The van der Waals surface area contributed by atoms with E-state index in [1.165, 1.54) is 48.2 Å². The second-order valence-corrected chi connectivity index (χ2v) is 10.9. The number of hydrogen-bond acceptors (Lipinski definition) is 6. The molecule has 0 amide bonds. The van der Waals surface area contributed by atoms with Crippen molar-refractivity contribution in [3.8, 4) is 0 Å². The molecule has 6 heteroatoms. The van der Waals surface area contributed by atoms with Crippen LogP contribution in [-0.4, -0.2) is 49.2 Å². The van der Waals surface area contributed by atoms with Crippen molar-refractivity contribution in [2.45, 2.75) is 57.9 Å². The van der Waals surface area contributed by atoms with Crippen LogP contribution < -0.4 is 20.4 Å². The summed E-state index contributed by atoms with van der Waals surface area (Å²) in [5, 5.41) is 8.21. The van der Waals surface area contributed by atoms with Gasteiger partial charge in [0, 0.05) is 73.5 Å². The first-order valence-electron chi connectivity index (χ1n) is 12.7. The van der Waals surface area contributed by atoms with Gasteiger partial charge in [-0.2, -0.15) is 0 Å². The molecule has 2 fully saturated rings. The van der Waals surface area contributed by atoms with Crippen LogP contribution in [0.3, 0.4) is 0 Å². The largest absolute Gasteiger partial charge is 0.377 e. The second-order valence-electron chi connectivity index (χ2n) is 10.9. The molecular weight excluding hydrogens is 420 g/mol.